The average molecular weight is 429 g/mol. The van der Waals surface area contributed by atoms with E-state index in [1.165, 1.54) is 6.07 Å². The van der Waals surface area contributed by atoms with Crippen molar-refractivity contribution in [2.24, 2.45) is 10.9 Å². The lowest BCUT2D eigenvalue weighted by atomic mass is 10.1. The summed E-state index contributed by atoms with van der Waals surface area (Å²) in [5, 5.41) is 0. The molecule has 0 radical (unpaired) electrons. The van der Waals surface area contributed by atoms with Crippen LogP contribution in [0.3, 0.4) is 0 Å². The third-order valence-corrected chi connectivity index (χ3v) is 6.00. The molecule has 1 amide bonds. The minimum absolute atomic E-state index is 0.0213. The van der Waals surface area contributed by atoms with Gasteiger partial charge in [0.2, 0.25) is 5.91 Å². The molecule has 0 bridgehead atoms. The average Bonchev–Trinajstić information content (AvgIpc) is 3.58. The molecule has 0 unspecified atom stereocenters. The van der Waals surface area contributed by atoms with Gasteiger partial charge in [0.25, 0.3) is 0 Å². The molecule has 2 aliphatic heterocycles. The highest BCUT2D eigenvalue weighted by atomic mass is 19.4. The minimum atomic E-state index is -4.46. The van der Waals surface area contributed by atoms with E-state index in [0.717, 1.165) is 30.5 Å². The molecule has 2 fully saturated rings. The van der Waals surface area contributed by atoms with Gasteiger partial charge < -0.3 is 14.5 Å². The monoisotopic (exact) mass is 429 g/mol. The SMILES string of the molecule is C[C@@H]1CN(C2=Nc3ccc(C(F)(F)F)cc3Oc3ccccc32)CCN1C(=O)C1CC1. The van der Waals surface area contributed by atoms with Gasteiger partial charge in [-0.3, -0.25) is 4.79 Å². The molecule has 1 saturated heterocycles. The van der Waals surface area contributed by atoms with Gasteiger partial charge in [0.15, 0.2) is 5.75 Å². The van der Waals surface area contributed by atoms with Crippen molar-refractivity contribution in [3.05, 3.63) is 53.6 Å². The van der Waals surface area contributed by atoms with Crippen molar-refractivity contribution in [1.82, 2.24) is 9.80 Å². The zero-order valence-corrected chi connectivity index (χ0v) is 17.0. The highest BCUT2D eigenvalue weighted by Gasteiger charge is 2.38. The van der Waals surface area contributed by atoms with Crippen molar-refractivity contribution in [1.29, 1.82) is 0 Å². The van der Waals surface area contributed by atoms with Gasteiger partial charge in [0.05, 0.1) is 11.1 Å². The normalized spacial score (nSPS) is 20.9. The Hall–Kier alpha value is -3.03. The summed E-state index contributed by atoms with van der Waals surface area (Å²) in [6.45, 7) is 3.82. The van der Waals surface area contributed by atoms with Crippen LogP contribution in [0.25, 0.3) is 0 Å². The maximum Gasteiger partial charge on any atom is 0.416 e. The number of carbonyl (C=O) groups excluding carboxylic acids is 1. The summed E-state index contributed by atoms with van der Waals surface area (Å²) in [5.41, 5.74) is 0.299. The number of aliphatic imine (C=N–C) groups is 1. The first-order valence-corrected chi connectivity index (χ1v) is 10.4. The summed E-state index contributed by atoms with van der Waals surface area (Å²) in [6, 6.07) is 10.6. The summed E-state index contributed by atoms with van der Waals surface area (Å²) in [6.07, 6.45) is -2.52. The molecule has 1 saturated carbocycles. The van der Waals surface area contributed by atoms with Crippen molar-refractivity contribution < 1.29 is 22.7 Å². The van der Waals surface area contributed by atoms with Crippen molar-refractivity contribution in [2.75, 3.05) is 19.6 Å². The zero-order chi connectivity index (χ0) is 21.8. The van der Waals surface area contributed by atoms with E-state index < -0.39 is 11.7 Å². The number of carbonyl (C=O) groups is 1. The highest BCUT2D eigenvalue weighted by molar-refractivity contribution is 6.04. The van der Waals surface area contributed by atoms with Crippen LogP contribution in [-0.4, -0.2) is 47.2 Å². The lowest BCUT2D eigenvalue weighted by molar-refractivity contribution is -0.138. The van der Waals surface area contributed by atoms with E-state index in [-0.39, 0.29) is 23.6 Å². The van der Waals surface area contributed by atoms with E-state index in [4.69, 9.17) is 9.73 Å². The number of amides is 1. The molecule has 1 atom stereocenters. The summed E-state index contributed by atoms with van der Waals surface area (Å²) >= 11 is 0. The second-order valence-electron chi connectivity index (χ2n) is 8.31. The van der Waals surface area contributed by atoms with Crippen molar-refractivity contribution in [3.8, 4) is 11.5 Å². The van der Waals surface area contributed by atoms with Crippen LogP contribution in [0.15, 0.2) is 47.5 Å². The molecule has 2 aromatic rings. The van der Waals surface area contributed by atoms with Gasteiger partial charge in [-0.2, -0.15) is 13.2 Å². The van der Waals surface area contributed by atoms with E-state index in [0.29, 0.717) is 36.9 Å². The Balaban J connectivity index is 1.50. The Bertz CT molecular complexity index is 1060. The molecule has 0 spiro atoms. The maximum absolute atomic E-state index is 13.2. The van der Waals surface area contributed by atoms with Gasteiger partial charge in [0, 0.05) is 31.6 Å². The fourth-order valence-electron chi connectivity index (χ4n) is 4.18. The number of alkyl halides is 3. The second kappa shape index (κ2) is 7.28. The van der Waals surface area contributed by atoms with Crippen molar-refractivity contribution in [3.63, 3.8) is 0 Å². The standard InChI is InChI=1S/C23H22F3N3O2/c1-14-13-28(10-11-29(14)22(30)15-6-7-15)21-17-4-2-3-5-19(17)31-20-12-16(23(24,25)26)8-9-18(20)27-21/h2-5,8-9,12,14-15H,6-7,10-11,13H2,1H3/t14-/m1/s1. The number of piperazine rings is 1. The maximum atomic E-state index is 13.2. The van der Waals surface area contributed by atoms with Gasteiger partial charge in [-0.05, 0) is 50.1 Å². The quantitative estimate of drug-likeness (QED) is 0.652. The van der Waals surface area contributed by atoms with Crippen LogP contribution in [0.4, 0.5) is 18.9 Å². The first-order valence-electron chi connectivity index (χ1n) is 10.4. The van der Waals surface area contributed by atoms with Crippen LogP contribution in [-0.2, 0) is 11.0 Å². The van der Waals surface area contributed by atoms with Crippen LogP contribution in [0.2, 0.25) is 0 Å². The number of rotatable bonds is 1. The molecule has 3 aliphatic rings. The molecule has 2 heterocycles. The van der Waals surface area contributed by atoms with Crippen molar-refractivity contribution >= 4 is 17.4 Å². The Morgan fingerprint density at radius 2 is 1.87 bits per heavy atom. The molecule has 31 heavy (non-hydrogen) atoms. The molecular formula is C23H22F3N3O2. The van der Waals surface area contributed by atoms with E-state index in [1.54, 1.807) is 12.1 Å². The summed E-state index contributed by atoms with van der Waals surface area (Å²) in [7, 11) is 0. The Morgan fingerprint density at radius 1 is 1.10 bits per heavy atom. The first kappa shape index (κ1) is 19.9. The first-order chi connectivity index (χ1) is 14.8. The summed E-state index contributed by atoms with van der Waals surface area (Å²) < 4.78 is 45.5. The lowest BCUT2D eigenvalue weighted by Crippen LogP contribution is -2.56. The number of para-hydroxylation sites is 1. The number of amidine groups is 1. The largest absolute Gasteiger partial charge is 0.454 e. The number of hydrogen-bond acceptors (Lipinski definition) is 4. The van der Waals surface area contributed by atoms with Crippen LogP contribution in [0.5, 0.6) is 11.5 Å². The third kappa shape index (κ3) is 3.75. The number of fused-ring (bicyclic) bond motifs is 2. The molecule has 0 N–H and O–H groups in total. The third-order valence-electron chi connectivity index (χ3n) is 6.00. The zero-order valence-electron chi connectivity index (χ0n) is 17.0. The topological polar surface area (TPSA) is 45.1 Å². The molecule has 5 rings (SSSR count). The van der Waals surface area contributed by atoms with Crippen molar-refractivity contribution in [2.45, 2.75) is 32.0 Å². The number of hydrogen-bond donors (Lipinski definition) is 0. The van der Waals surface area contributed by atoms with Gasteiger partial charge in [-0.25, -0.2) is 4.99 Å². The highest BCUT2D eigenvalue weighted by Crippen LogP contribution is 2.42. The smallest absolute Gasteiger partial charge is 0.416 e. The minimum Gasteiger partial charge on any atom is -0.454 e. The lowest BCUT2D eigenvalue weighted by Gasteiger charge is -2.41. The number of benzene rings is 2. The molecule has 2 aromatic carbocycles. The molecule has 8 heteroatoms. The molecule has 1 aliphatic carbocycles. The van der Waals surface area contributed by atoms with Crippen LogP contribution in [0.1, 0.15) is 30.9 Å². The molecular weight excluding hydrogens is 407 g/mol. The molecule has 5 nitrogen and oxygen atoms in total. The van der Waals surface area contributed by atoms with Crippen LogP contribution < -0.4 is 4.74 Å². The van der Waals surface area contributed by atoms with Gasteiger partial charge in [-0.1, -0.05) is 12.1 Å². The Morgan fingerprint density at radius 3 is 2.58 bits per heavy atom. The van der Waals surface area contributed by atoms with E-state index in [2.05, 4.69) is 4.90 Å². The van der Waals surface area contributed by atoms with Gasteiger partial charge in [-0.15, -0.1) is 0 Å². The van der Waals surface area contributed by atoms with Crippen LogP contribution >= 0.6 is 0 Å². The van der Waals surface area contributed by atoms with E-state index >= 15 is 0 Å². The predicted octanol–water partition coefficient (Wildman–Crippen LogP) is 4.83. The van der Waals surface area contributed by atoms with Gasteiger partial charge in [0.1, 0.15) is 17.3 Å². The number of ether oxygens (including phenoxy) is 1. The van der Waals surface area contributed by atoms with Crippen LogP contribution in [0, 0.1) is 5.92 Å². The predicted molar refractivity (Wildman–Crippen MR) is 110 cm³/mol. The van der Waals surface area contributed by atoms with E-state index in [9.17, 15) is 18.0 Å². The molecule has 162 valence electrons. The Labute approximate surface area is 178 Å². The summed E-state index contributed by atoms with van der Waals surface area (Å²) in [4.78, 5) is 21.3. The second-order valence-corrected chi connectivity index (χ2v) is 8.31. The number of halogens is 3. The summed E-state index contributed by atoms with van der Waals surface area (Å²) in [5.74, 6) is 1.59. The Kier molecular flexibility index (Phi) is 4.68. The fourth-order valence-corrected chi connectivity index (χ4v) is 4.18. The number of nitrogens with zero attached hydrogens (tertiary/aromatic N) is 3. The van der Waals surface area contributed by atoms with Gasteiger partial charge >= 0.3 is 6.18 Å². The fraction of sp³-hybridized carbons (Fsp3) is 0.391. The molecule has 0 aromatic heterocycles. The van der Waals surface area contributed by atoms with E-state index in [1.807, 2.05) is 24.0 Å².